The summed E-state index contributed by atoms with van der Waals surface area (Å²) >= 11 is 0. The first-order chi connectivity index (χ1) is 9.46. The average Bonchev–Trinajstić information content (AvgIpc) is 2.84. The lowest BCUT2D eigenvalue weighted by Crippen LogP contribution is -2.16. The molecule has 106 valence electrons. The predicted molar refractivity (Wildman–Crippen MR) is 64.5 cm³/mol. The number of alkyl halides is 3. The maximum atomic E-state index is 12.0. The zero-order valence-electron chi connectivity index (χ0n) is 10.1. The zero-order valence-corrected chi connectivity index (χ0v) is 10.1. The maximum absolute atomic E-state index is 12.0. The summed E-state index contributed by atoms with van der Waals surface area (Å²) in [6.07, 6.45) is -0.223. The van der Waals surface area contributed by atoms with Crippen molar-refractivity contribution in [3.05, 3.63) is 47.7 Å². The molecule has 0 aliphatic heterocycles. The van der Waals surface area contributed by atoms with Crippen molar-refractivity contribution in [2.24, 2.45) is 0 Å². The lowest BCUT2D eigenvalue weighted by Gasteiger charge is -2.08. The SMILES string of the molecule is OCc1coc(/C=C/c2ccc(OC(F)(F)F)cc2)n1. The Bertz CT molecular complexity index is 588. The molecule has 0 aliphatic carbocycles. The fraction of sp³-hybridized carbons (Fsp3) is 0.154. The van der Waals surface area contributed by atoms with E-state index >= 15 is 0 Å². The summed E-state index contributed by atoms with van der Waals surface area (Å²) in [5, 5.41) is 8.81. The molecule has 0 radical (unpaired) electrons. The minimum Gasteiger partial charge on any atom is -0.445 e. The lowest BCUT2D eigenvalue weighted by atomic mass is 10.2. The largest absolute Gasteiger partial charge is 0.573 e. The standard InChI is InChI=1S/C13H10F3NO3/c14-13(15,16)20-11-4-1-9(2-5-11)3-6-12-17-10(7-18)8-19-12/h1-6,8,18H,7H2/b6-3+. The first-order valence-electron chi connectivity index (χ1n) is 5.55. The highest BCUT2D eigenvalue weighted by Gasteiger charge is 2.30. The van der Waals surface area contributed by atoms with Gasteiger partial charge < -0.3 is 14.3 Å². The van der Waals surface area contributed by atoms with E-state index in [0.29, 0.717) is 17.1 Å². The van der Waals surface area contributed by atoms with E-state index in [4.69, 9.17) is 9.52 Å². The number of benzene rings is 1. The molecule has 0 amide bonds. The van der Waals surface area contributed by atoms with Gasteiger partial charge in [-0.2, -0.15) is 0 Å². The fourth-order valence-corrected chi connectivity index (χ4v) is 1.42. The number of hydrogen-bond donors (Lipinski definition) is 1. The van der Waals surface area contributed by atoms with Gasteiger partial charge in [0.25, 0.3) is 0 Å². The van der Waals surface area contributed by atoms with Crippen molar-refractivity contribution in [3.63, 3.8) is 0 Å². The third-order valence-corrected chi connectivity index (χ3v) is 2.26. The van der Waals surface area contributed by atoms with Crippen molar-refractivity contribution in [2.75, 3.05) is 0 Å². The van der Waals surface area contributed by atoms with Gasteiger partial charge in [0, 0.05) is 6.08 Å². The first-order valence-corrected chi connectivity index (χ1v) is 5.55. The predicted octanol–water partition coefficient (Wildman–Crippen LogP) is 3.24. The number of aliphatic hydroxyl groups is 1. The Morgan fingerprint density at radius 1 is 1.20 bits per heavy atom. The van der Waals surface area contributed by atoms with E-state index in [0.717, 1.165) is 0 Å². The number of ether oxygens (including phenoxy) is 1. The fourth-order valence-electron chi connectivity index (χ4n) is 1.42. The number of aliphatic hydroxyl groups excluding tert-OH is 1. The second kappa shape index (κ2) is 5.79. The van der Waals surface area contributed by atoms with Crippen molar-refractivity contribution < 1.29 is 27.4 Å². The maximum Gasteiger partial charge on any atom is 0.573 e. The molecule has 0 atom stereocenters. The third kappa shape index (κ3) is 4.13. The molecule has 1 aromatic carbocycles. The van der Waals surface area contributed by atoms with Gasteiger partial charge in [-0.05, 0) is 23.8 Å². The van der Waals surface area contributed by atoms with Gasteiger partial charge in [0.1, 0.15) is 17.7 Å². The summed E-state index contributed by atoms with van der Waals surface area (Å²) < 4.78 is 44.7. The van der Waals surface area contributed by atoms with Crippen molar-refractivity contribution in [1.29, 1.82) is 0 Å². The van der Waals surface area contributed by atoms with E-state index in [9.17, 15) is 13.2 Å². The van der Waals surface area contributed by atoms with Crippen LogP contribution in [0.25, 0.3) is 12.2 Å². The van der Waals surface area contributed by atoms with E-state index in [-0.39, 0.29) is 12.4 Å². The van der Waals surface area contributed by atoms with Gasteiger partial charge in [0.15, 0.2) is 0 Å². The molecule has 0 saturated heterocycles. The van der Waals surface area contributed by atoms with Crippen LogP contribution in [0.4, 0.5) is 13.2 Å². The molecule has 4 nitrogen and oxygen atoms in total. The van der Waals surface area contributed by atoms with Crippen molar-refractivity contribution in [2.45, 2.75) is 13.0 Å². The van der Waals surface area contributed by atoms with Gasteiger partial charge in [-0.3, -0.25) is 0 Å². The van der Waals surface area contributed by atoms with E-state index in [2.05, 4.69) is 9.72 Å². The van der Waals surface area contributed by atoms with Crippen molar-refractivity contribution in [3.8, 4) is 5.75 Å². The number of halogens is 3. The zero-order chi connectivity index (χ0) is 14.6. The summed E-state index contributed by atoms with van der Waals surface area (Å²) in [6, 6.07) is 5.35. The molecule has 20 heavy (non-hydrogen) atoms. The Labute approximate surface area is 112 Å². The molecule has 2 rings (SSSR count). The first kappa shape index (κ1) is 14.1. The van der Waals surface area contributed by atoms with Gasteiger partial charge in [-0.15, -0.1) is 13.2 Å². The molecule has 0 bridgehead atoms. The second-order valence-corrected chi connectivity index (χ2v) is 3.79. The number of aromatic nitrogens is 1. The van der Waals surface area contributed by atoms with Gasteiger partial charge in [-0.25, -0.2) is 4.98 Å². The van der Waals surface area contributed by atoms with Gasteiger partial charge in [0.05, 0.1) is 6.61 Å². The van der Waals surface area contributed by atoms with E-state index in [1.54, 1.807) is 12.2 Å². The highest BCUT2D eigenvalue weighted by atomic mass is 19.4. The van der Waals surface area contributed by atoms with E-state index in [1.165, 1.54) is 30.5 Å². The molecule has 0 fully saturated rings. The van der Waals surface area contributed by atoms with Gasteiger partial charge >= 0.3 is 6.36 Å². The Morgan fingerprint density at radius 3 is 2.45 bits per heavy atom. The minimum absolute atomic E-state index is 0.221. The Morgan fingerprint density at radius 2 is 1.90 bits per heavy atom. The summed E-state index contributed by atoms with van der Waals surface area (Å²) in [5.41, 5.74) is 1.06. The second-order valence-electron chi connectivity index (χ2n) is 3.79. The molecule has 0 unspecified atom stereocenters. The van der Waals surface area contributed by atoms with Crippen LogP contribution >= 0.6 is 0 Å². The van der Waals surface area contributed by atoms with Crippen molar-refractivity contribution in [1.82, 2.24) is 4.98 Å². The number of oxazole rings is 1. The van der Waals surface area contributed by atoms with E-state index in [1.807, 2.05) is 0 Å². The minimum atomic E-state index is -4.70. The molecule has 0 spiro atoms. The summed E-state index contributed by atoms with van der Waals surface area (Å²) in [5.74, 6) is 0.0120. The summed E-state index contributed by atoms with van der Waals surface area (Å²) in [7, 11) is 0. The monoisotopic (exact) mass is 285 g/mol. The Balaban J connectivity index is 2.03. The molecular formula is C13H10F3NO3. The van der Waals surface area contributed by atoms with Crippen LogP contribution in [0.15, 0.2) is 34.9 Å². The molecular weight excluding hydrogens is 275 g/mol. The molecule has 1 heterocycles. The van der Waals surface area contributed by atoms with E-state index < -0.39 is 6.36 Å². The molecule has 1 N–H and O–H groups in total. The lowest BCUT2D eigenvalue weighted by molar-refractivity contribution is -0.274. The van der Waals surface area contributed by atoms with Crippen LogP contribution in [0.1, 0.15) is 17.1 Å². The molecule has 2 aromatic rings. The third-order valence-electron chi connectivity index (χ3n) is 2.26. The number of rotatable bonds is 4. The number of hydrogen-bond acceptors (Lipinski definition) is 4. The highest BCUT2D eigenvalue weighted by molar-refractivity contribution is 5.66. The molecule has 7 heteroatoms. The summed E-state index contributed by atoms with van der Waals surface area (Å²) in [4.78, 5) is 3.93. The highest BCUT2D eigenvalue weighted by Crippen LogP contribution is 2.23. The number of nitrogens with zero attached hydrogens (tertiary/aromatic N) is 1. The molecule has 0 saturated carbocycles. The van der Waals surface area contributed by atoms with Crippen LogP contribution in [-0.4, -0.2) is 16.5 Å². The Kier molecular flexibility index (Phi) is 4.09. The average molecular weight is 285 g/mol. The van der Waals surface area contributed by atoms with Crippen LogP contribution in [0, 0.1) is 0 Å². The molecule has 1 aromatic heterocycles. The van der Waals surface area contributed by atoms with Gasteiger partial charge in [-0.1, -0.05) is 12.1 Å². The summed E-state index contributed by atoms with van der Waals surface area (Å²) in [6.45, 7) is -0.221. The van der Waals surface area contributed by atoms with Crippen LogP contribution in [0.5, 0.6) is 5.75 Å². The van der Waals surface area contributed by atoms with Crippen LogP contribution < -0.4 is 4.74 Å². The van der Waals surface area contributed by atoms with Gasteiger partial charge in [0.2, 0.25) is 5.89 Å². The van der Waals surface area contributed by atoms with Crippen molar-refractivity contribution >= 4 is 12.2 Å². The Hall–Kier alpha value is -2.28. The quantitative estimate of drug-likeness (QED) is 0.937. The van der Waals surface area contributed by atoms with Crippen LogP contribution in [-0.2, 0) is 6.61 Å². The molecule has 0 aliphatic rings. The topological polar surface area (TPSA) is 55.5 Å². The van der Waals surface area contributed by atoms with Crippen LogP contribution in [0.2, 0.25) is 0 Å². The van der Waals surface area contributed by atoms with Crippen LogP contribution in [0.3, 0.4) is 0 Å². The smallest absolute Gasteiger partial charge is 0.445 e. The normalized spacial score (nSPS) is 12.0.